The number of amides is 3. The van der Waals surface area contributed by atoms with Gasteiger partial charge in [0, 0.05) is 30.9 Å². The van der Waals surface area contributed by atoms with Gasteiger partial charge in [-0.15, -0.1) is 11.3 Å². The molecule has 0 bridgehead atoms. The number of carbonyl (C=O) groups excluding carboxylic acids is 2. The molecule has 1 fully saturated rings. The summed E-state index contributed by atoms with van der Waals surface area (Å²) in [5.41, 5.74) is 2.07. The summed E-state index contributed by atoms with van der Waals surface area (Å²) >= 11 is 1.44. The molecule has 1 aliphatic heterocycles. The van der Waals surface area contributed by atoms with Crippen molar-refractivity contribution < 1.29 is 14.3 Å². The van der Waals surface area contributed by atoms with Crippen molar-refractivity contribution in [1.29, 1.82) is 0 Å². The number of urea groups is 1. The molecule has 1 unspecified atom stereocenters. The van der Waals surface area contributed by atoms with E-state index in [-0.39, 0.29) is 18.0 Å². The van der Waals surface area contributed by atoms with Crippen LogP contribution in [0.15, 0.2) is 24.3 Å². The van der Waals surface area contributed by atoms with Gasteiger partial charge in [0.15, 0.2) is 0 Å². The van der Waals surface area contributed by atoms with Crippen molar-refractivity contribution >= 4 is 34.6 Å². The molecule has 7 nitrogen and oxygen atoms in total. The zero-order chi connectivity index (χ0) is 20.8. The van der Waals surface area contributed by atoms with E-state index >= 15 is 0 Å². The minimum absolute atomic E-state index is 0.106. The van der Waals surface area contributed by atoms with E-state index in [4.69, 9.17) is 4.74 Å². The normalized spacial score (nSPS) is 16.1. The van der Waals surface area contributed by atoms with E-state index in [1.807, 2.05) is 6.92 Å². The molecule has 2 heterocycles. The van der Waals surface area contributed by atoms with Gasteiger partial charge in [0.1, 0.15) is 4.88 Å². The topological polar surface area (TPSA) is 92.4 Å². The predicted molar refractivity (Wildman–Crippen MR) is 116 cm³/mol. The molecule has 3 amide bonds. The van der Waals surface area contributed by atoms with Crippen LogP contribution in [0.25, 0.3) is 0 Å². The number of benzene rings is 1. The van der Waals surface area contributed by atoms with E-state index in [0.29, 0.717) is 28.7 Å². The summed E-state index contributed by atoms with van der Waals surface area (Å²) in [6.07, 6.45) is 3.00. The average Bonchev–Trinajstić information content (AvgIpc) is 3.31. The Hall–Kier alpha value is -2.45. The van der Waals surface area contributed by atoms with Gasteiger partial charge in [-0.3, -0.25) is 4.79 Å². The van der Waals surface area contributed by atoms with Crippen molar-refractivity contribution in [3.05, 3.63) is 39.8 Å². The van der Waals surface area contributed by atoms with Crippen LogP contribution in [0.4, 0.5) is 16.2 Å². The second-order valence-electron chi connectivity index (χ2n) is 7.62. The lowest BCUT2D eigenvalue weighted by Gasteiger charge is -2.12. The molecule has 1 aromatic heterocycles. The van der Waals surface area contributed by atoms with Crippen LogP contribution in [0.3, 0.4) is 0 Å². The maximum absolute atomic E-state index is 12.6. The number of aryl methyl sites for hydroxylation is 1. The lowest BCUT2D eigenvalue weighted by atomic mass is 10.1. The van der Waals surface area contributed by atoms with Gasteiger partial charge in [-0.2, -0.15) is 0 Å². The van der Waals surface area contributed by atoms with Gasteiger partial charge in [-0.25, -0.2) is 9.78 Å². The highest BCUT2D eigenvalue weighted by atomic mass is 32.1. The van der Waals surface area contributed by atoms with Gasteiger partial charge < -0.3 is 20.7 Å². The lowest BCUT2D eigenvalue weighted by Crippen LogP contribution is -2.35. The average molecular weight is 417 g/mol. The standard InChI is InChI=1S/C21H28N4O3S/c1-13(2)11-18-23-14(3)19(29-18)20(26)24-15-6-8-16(9-7-15)25-21(27)22-12-17-5-4-10-28-17/h6-9,13,17H,4-5,10-12H2,1-3H3,(H,24,26)(H2,22,25,27). The third kappa shape index (κ3) is 6.27. The minimum Gasteiger partial charge on any atom is -0.376 e. The molecule has 3 rings (SSSR count). The summed E-state index contributed by atoms with van der Waals surface area (Å²) < 4.78 is 5.48. The monoisotopic (exact) mass is 416 g/mol. The lowest BCUT2D eigenvalue weighted by molar-refractivity contribution is 0.102. The Balaban J connectivity index is 1.51. The van der Waals surface area contributed by atoms with Crippen LogP contribution in [-0.4, -0.2) is 36.2 Å². The molecule has 0 radical (unpaired) electrons. The zero-order valence-corrected chi connectivity index (χ0v) is 17.9. The van der Waals surface area contributed by atoms with Crippen LogP contribution in [0, 0.1) is 12.8 Å². The quantitative estimate of drug-likeness (QED) is 0.631. The van der Waals surface area contributed by atoms with Gasteiger partial charge in [-0.1, -0.05) is 13.8 Å². The van der Waals surface area contributed by atoms with E-state index < -0.39 is 0 Å². The highest BCUT2D eigenvalue weighted by molar-refractivity contribution is 7.13. The Morgan fingerprint density at radius 1 is 1.21 bits per heavy atom. The van der Waals surface area contributed by atoms with Crippen LogP contribution in [0.5, 0.6) is 0 Å². The van der Waals surface area contributed by atoms with Crippen LogP contribution in [0.1, 0.15) is 47.1 Å². The number of anilines is 2. The number of nitrogens with one attached hydrogen (secondary N) is 3. The molecule has 0 spiro atoms. The van der Waals surface area contributed by atoms with Gasteiger partial charge in [0.2, 0.25) is 0 Å². The van der Waals surface area contributed by atoms with Crippen molar-refractivity contribution in [3.8, 4) is 0 Å². The molecule has 0 aliphatic carbocycles. The van der Waals surface area contributed by atoms with E-state index in [0.717, 1.165) is 36.6 Å². The van der Waals surface area contributed by atoms with Crippen LogP contribution in [-0.2, 0) is 11.2 Å². The number of aromatic nitrogens is 1. The van der Waals surface area contributed by atoms with Crippen molar-refractivity contribution in [2.45, 2.75) is 46.1 Å². The summed E-state index contributed by atoms with van der Waals surface area (Å²) in [6, 6.07) is 6.77. The second kappa shape index (κ2) is 9.84. The van der Waals surface area contributed by atoms with Crippen LogP contribution < -0.4 is 16.0 Å². The fraction of sp³-hybridized carbons (Fsp3) is 0.476. The number of thiazole rings is 1. The van der Waals surface area contributed by atoms with Crippen LogP contribution >= 0.6 is 11.3 Å². The molecule has 1 aliphatic rings. The van der Waals surface area contributed by atoms with E-state index in [1.54, 1.807) is 24.3 Å². The molecular formula is C21H28N4O3S. The molecule has 3 N–H and O–H groups in total. The fourth-order valence-electron chi connectivity index (χ4n) is 3.11. The molecule has 29 heavy (non-hydrogen) atoms. The SMILES string of the molecule is Cc1nc(CC(C)C)sc1C(=O)Nc1ccc(NC(=O)NCC2CCCO2)cc1. The first-order valence-corrected chi connectivity index (χ1v) is 10.8. The number of carbonyl (C=O) groups is 2. The number of rotatable bonds is 7. The second-order valence-corrected chi connectivity index (χ2v) is 8.71. The van der Waals surface area contributed by atoms with E-state index in [2.05, 4.69) is 34.8 Å². The molecule has 8 heteroatoms. The maximum Gasteiger partial charge on any atom is 0.319 e. The first-order chi connectivity index (χ1) is 13.9. The van der Waals surface area contributed by atoms with E-state index in [9.17, 15) is 9.59 Å². The van der Waals surface area contributed by atoms with Crippen molar-refractivity contribution in [2.24, 2.45) is 5.92 Å². The first-order valence-electron chi connectivity index (χ1n) is 9.95. The zero-order valence-electron chi connectivity index (χ0n) is 17.1. The number of hydrogen-bond acceptors (Lipinski definition) is 5. The Morgan fingerprint density at radius 3 is 2.52 bits per heavy atom. The molecule has 0 saturated carbocycles. The van der Waals surface area contributed by atoms with Crippen molar-refractivity contribution in [2.75, 3.05) is 23.8 Å². The summed E-state index contributed by atoms with van der Waals surface area (Å²) in [5, 5.41) is 9.47. The molecule has 156 valence electrons. The predicted octanol–water partition coefficient (Wildman–Crippen LogP) is 4.20. The van der Waals surface area contributed by atoms with Crippen molar-refractivity contribution in [3.63, 3.8) is 0 Å². The number of nitrogens with zero attached hydrogens (tertiary/aromatic N) is 1. The number of hydrogen-bond donors (Lipinski definition) is 3. The molecule has 1 saturated heterocycles. The van der Waals surface area contributed by atoms with Gasteiger partial charge in [0.25, 0.3) is 5.91 Å². The minimum atomic E-state index is -0.268. The number of ether oxygens (including phenoxy) is 1. The highest BCUT2D eigenvalue weighted by Gasteiger charge is 2.17. The van der Waals surface area contributed by atoms with E-state index in [1.165, 1.54) is 11.3 Å². The Kier molecular flexibility index (Phi) is 7.22. The molecule has 2 aromatic rings. The molecular weight excluding hydrogens is 388 g/mol. The summed E-state index contributed by atoms with van der Waals surface area (Å²) in [7, 11) is 0. The Bertz CT molecular complexity index is 842. The maximum atomic E-state index is 12.6. The highest BCUT2D eigenvalue weighted by Crippen LogP contribution is 2.22. The summed E-state index contributed by atoms with van der Waals surface area (Å²) in [6.45, 7) is 7.40. The van der Waals surface area contributed by atoms with Gasteiger partial charge >= 0.3 is 6.03 Å². The van der Waals surface area contributed by atoms with Gasteiger partial charge in [-0.05, 0) is 49.9 Å². The summed E-state index contributed by atoms with van der Waals surface area (Å²) in [5.74, 6) is 0.337. The molecule has 1 aromatic carbocycles. The fourth-order valence-corrected chi connectivity index (χ4v) is 4.28. The molecule has 1 atom stereocenters. The largest absolute Gasteiger partial charge is 0.376 e. The Labute approximate surface area is 175 Å². The third-order valence-corrected chi connectivity index (χ3v) is 5.72. The van der Waals surface area contributed by atoms with Crippen LogP contribution in [0.2, 0.25) is 0 Å². The first kappa shape index (κ1) is 21.3. The summed E-state index contributed by atoms with van der Waals surface area (Å²) in [4.78, 5) is 29.7. The smallest absolute Gasteiger partial charge is 0.319 e. The Morgan fingerprint density at radius 2 is 1.90 bits per heavy atom. The van der Waals surface area contributed by atoms with Gasteiger partial charge in [0.05, 0.1) is 16.8 Å². The third-order valence-electron chi connectivity index (χ3n) is 4.54. The van der Waals surface area contributed by atoms with Crippen molar-refractivity contribution in [1.82, 2.24) is 10.3 Å².